The molecule has 3 N–H and O–H groups in total. The van der Waals surface area contributed by atoms with Gasteiger partial charge in [-0.3, -0.25) is 24.6 Å². The molecule has 1 fully saturated rings. The largest absolute Gasteiger partial charge is 0.481 e. The summed E-state index contributed by atoms with van der Waals surface area (Å²) in [6, 6.07) is -0.541. The summed E-state index contributed by atoms with van der Waals surface area (Å²) in [5, 5.41) is 20.0. The third kappa shape index (κ3) is 3.28. The average Bonchev–Trinajstić information content (AvgIpc) is 2.11. The van der Waals surface area contributed by atoms with Gasteiger partial charge in [-0.15, -0.1) is 0 Å². The molecule has 0 spiro atoms. The standard InChI is InChI=1S/C9H14N2O5/c1-5-9(16)10-7(13)4-11(5)3-6(12)2-8(14)15/h5-6,12H,2-4H2,1H3,(H,14,15)(H,10,13,16). The molecule has 0 saturated carbocycles. The summed E-state index contributed by atoms with van der Waals surface area (Å²) < 4.78 is 0. The lowest BCUT2D eigenvalue weighted by Crippen LogP contribution is -2.58. The second-order valence-corrected chi connectivity index (χ2v) is 3.77. The number of carboxylic acids is 1. The van der Waals surface area contributed by atoms with Gasteiger partial charge in [0.05, 0.1) is 25.1 Å². The van der Waals surface area contributed by atoms with Crippen molar-refractivity contribution in [1.82, 2.24) is 10.2 Å². The number of imide groups is 1. The van der Waals surface area contributed by atoms with Crippen LogP contribution in [-0.2, 0) is 14.4 Å². The second kappa shape index (κ2) is 5.04. The maximum absolute atomic E-state index is 11.2. The molecule has 1 aliphatic rings. The molecule has 0 aromatic rings. The highest BCUT2D eigenvalue weighted by atomic mass is 16.4. The Morgan fingerprint density at radius 3 is 2.81 bits per heavy atom. The fraction of sp³-hybridized carbons (Fsp3) is 0.667. The molecule has 0 aliphatic carbocycles. The van der Waals surface area contributed by atoms with E-state index in [0.29, 0.717) is 0 Å². The number of aliphatic carboxylic acids is 1. The number of hydrogen-bond donors (Lipinski definition) is 3. The highest BCUT2D eigenvalue weighted by Gasteiger charge is 2.31. The van der Waals surface area contributed by atoms with Crippen molar-refractivity contribution in [2.45, 2.75) is 25.5 Å². The van der Waals surface area contributed by atoms with Gasteiger partial charge in [0, 0.05) is 6.54 Å². The lowest BCUT2D eigenvalue weighted by atomic mass is 10.1. The number of piperazine rings is 1. The summed E-state index contributed by atoms with van der Waals surface area (Å²) in [4.78, 5) is 34.1. The molecule has 2 amide bonds. The first-order valence-corrected chi connectivity index (χ1v) is 4.87. The van der Waals surface area contributed by atoms with Crippen molar-refractivity contribution in [2.75, 3.05) is 13.1 Å². The van der Waals surface area contributed by atoms with Gasteiger partial charge in [-0.05, 0) is 6.92 Å². The first-order valence-electron chi connectivity index (χ1n) is 4.87. The molecule has 90 valence electrons. The molecule has 1 heterocycles. The molecule has 7 nitrogen and oxygen atoms in total. The van der Waals surface area contributed by atoms with Crippen molar-refractivity contribution in [2.24, 2.45) is 0 Å². The van der Waals surface area contributed by atoms with Gasteiger partial charge >= 0.3 is 5.97 Å². The normalized spacial score (nSPS) is 24.0. The highest BCUT2D eigenvalue weighted by Crippen LogP contribution is 2.07. The molecule has 16 heavy (non-hydrogen) atoms. The Morgan fingerprint density at radius 1 is 1.62 bits per heavy atom. The van der Waals surface area contributed by atoms with E-state index in [0.717, 1.165) is 0 Å². The van der Waals surface area contributed by atoms with Crippen LogP contribution in [-0.4, -0.2) is 58.1 Å². The third-order valence-electron chi connectivity index (χ3n) is 2.39. The van der Waals surface area contributed by atoms with Gasteiger partial charge in [-0.1, -0.05) is 0 Å². The number of carboxylic acid groups (broad SMARTS) is 1. The van der Waals surface area contributed by atoms with Crippen molar-refractivity contribution in [3.05, 3.63) is 0 Å². The third-order valence-corrected chi connectivity index (χ3v) is 2.39. The molecule has 7 heteroatoms. The van der Waals surface area contributed by atoms with E-state index in [1.54, 1.807) is 6.92 Å². The van der Waals surface area contributed by atoms with E-state index < -0.39 is 36.4 Å². The van der Waals surface area contributed by atoms with Gasteiger partial charge in [0.25, 0.3) is 0 Å². The van der Waals surface area contributed by atoms with Crippen molar-refractivity contribution >= 4 is 17.8 Å². The minimum Gasteiger partial charge on any atom is -0.481 e. The monoisotopic (exact) mass is 230 g/mol. The maximum Gasteiger partial charge on any atom is 0.306 e. The Hall–Kier alpha value is -1.47. The highest BCUT2D eigenvalue weighted by molar-refractivity contribution is 6.00. The van der Waals surface area contributed by atoms with Gasteiger partial charge in [0.1, 0.15) is 0 Å². The fourth-order valence-corrected chi connectivity index (χ4v) is 1.53. The topological polar surface area (TPSA) is 107 Å². The second-order valence-electron chi connectivity index (χ2n) is 3.77. The van der Waals surface area contributed by atoms with Crippen LogP contribution in [0.2, 0.25) is 0 Å². The molecule has 1 saturated heterocycles. The van der Waals surface area contributed by atoms with Crippen molar-refractivity contribution in [3.63, 3.8) is 0 Å². The number of nitrogens with zero attached hydrogens (tertiary/aromatic N) is 1. The van der Waals surface area contributed by atoms with Crippen LogP contribution in [0, 0.1) is 0 Å². The first-order chi connectivity index (χ1) is 7.40. The Labute approximate surface area is 92.0 Å². The summed E-state index contributed by atoms with van der Waals surface area (Å²) in [5.74, 6) is -1.99. The number of rotatable bonds is 4. The Kier molecular flexibility index (Phi) is 3.97. The Balaban J connectivity index is 2.54. The molecule has 0 aromatic heterocycles. The van der Waals surface area contributed by atoms with E-state index in [4.69, 9.17) is 5.11 Å². The van der Waals surface area contributed by atoms with Gasteiger partial charge < -0.3 is 10.2 Å². The molecule has 1 aliphatic heterocycles. The number of hydrogen-bond acceptors (Lipinski definition) is 5. The molecule has 1 rings (SSSR count). The van der Waals surface area contributed by atoms with E-state index in [1.807, 2.05) is 0 Å². The molecular weight excluding hydrogens is 216 g/mol. The van der Waals surface area contributed by atoms with Crippen LogP contribution in [0.3, 0.4) is 0 Å². The predicted molar refractivity (Wildman–Crippen MR) is 52.4 cm³/mol. The van der Waals surface area contributed by atoms with Gasteiger partial charge in [0.15, 0.2) is 0 Å². The molecule has 0 bridgehead atoms. The van der Waals surface area contributed by atoms with E-state index in [9.17, 15) is 19.5 Å². The van der Waals surface area contributed by atoms with E-state index in [2.05, 4.69) is 5.32 Å². The van der Waals surface area contributed by atoms with Crippen LogP contribution in [0.5, 0.6) is 0 Å². The van der Waals surface area contributed by atoms with Gasteiger partial charge in [-0.2, -0.15) is 0 Å². The van der Waals surface area contributed by atoms with E-state index >= 15 is 0 Å². The summed E-state index contributed by atoms with van der Waals surface area (Å²) in [7, 11) is 0. The van der Waals surface area contributed by atoms with Crippen LogP contribution in [0.15, 0.2) is 0 Å². The summed E-state index contributed by atoms with van der Waals surface area (Å²) in [6.45, 7) is 1.57. The molecule has 2 unspecified atom stereocenters. The number of carbonyl (C=O) groups is 3. The number of β-amino-alcohol motifs (C(OH)–C–C–N with tert-alkyl or cyclic N) is 1. The number of carbonyl (C=O) groups excluding carboxylic acids is 2. The minimum absolute atomic E-state index is 0.00731. The zero-order valence-electron chi connectivity index (χ0n) is 8.84. The van der Waals surface area contributed by atoms with Crippen LogP contribution >= 0.6 is 0 Å². The number of nitrogens with one attached hydrogen (secondary N) is 1. The Bertz CT molecular complexity index is 317. The summed E-state index contributed by atoms with van der Waals surface area (Å²) in [5.41, 5.74) is 0. The van der Waals surface area contributed by atoms with Crippen molar-refractivity contribution < 1.29 is 24.6 Å². The maximum atomic E-state index is 11.2. The first kappa shape index (κ1) is 12.6. The van der Waals surface area contributed by atoms with Crippen molar-refractivity contribution in [3.8, 4) is 0 Å². The SMILES string of the molecule is CC1C(=O)NC(=O)CN1CC(O)CC(=O)O. The molecule has 0 radical (unpaired) electrons. The van der Waals surface area contributed by atoms with Crippen LogP contribution in [0.1, 0.15) is 13.3 Å². The lowest BCUT2D eigenvalue weighted by molar-refractivity contribution is -0.141. The van der Waals surface area contributed by atoms with Gasteiger partial charge in [-0.25, -0.2) is 0 Å². The lowest BCUT2D eigenvalue weighted by Gasteiger charge is -2.32. The number of aliphatic hydroxyl groups excluding tert-OH is 1. The van der Waals surface area contributed by atoms with Crippen molar-refractivity contribution in [1.29, 1.82) is 0 Å². The van der Waals surface area contributed by atoms with E-state index in [-0.39, 0.29) is 13.1 Å². The fourth-order valence-electron chi connectivity index (χ4n) is 1.53. The molecular formula is C9H14N2O5. The Morgan fingerprint density at radius 2 is 2.25 bits per heavy atom. The quantitative estimate of drug-likeness (QED) is 0.490. The van der Waals surface area contributed by atoms with Crippen LogP contribution < -0.4 is 5.32 Å². The number of amides is 2. The predicted octanol–water partition coefficient (Wildman–Crippen LogP) is -1.83. The molecule has 2 atom stereocenters. The van der Waals surface area contributed by atoms with Crippen LogP contribution in [0.25, 0.3) is 0 Å². The van der Waals surface area contributed by atoms with Crippen LogP contribution in [0.4, 0.5) is 0 Å². The summed E-state index contributed by atoms with van der Waals surface area (Å²) in [6.07, 6.45) is -1.49. The zero-order chi connectivity index (χ0) is 12.3. The molecule has 0 aromatic carbocycles. The van der Waals surface area contributed by atoms with Gasteiger partial charge in [0.2, 0.25) is 11.8 Å². The average molecular weight is 230 g/mol. The van der Waals surface area contributed by atoms with E-state index in [1.165, 1.54) is 4.90 Å². The number of aliphatic hydroxyl groups is 1. The summed E-state index contributed by atoms with van der Waals surface area (Å²) >= 11 is 0. The minimum atomic E-state index is -1.12. The zero-order valence-corrected chi connectivity index (χ0v) is 8.84. The smallest absolute Gasteiger partial charge is 0.306 e.